The van der Waals surface area contributed by atoms with Gasteiger partial charge >= 0.3 is 6.61 Å². The maximum atomic E-state index is 12.4. The van der Waals surface area contributed by atoms with Crippen LogP contribution in [0.2, 0.25) is 0 Å². The summed E-state index contributed by atoms with van der Waals surface area (Å²) in [6.07, 6.45) is 0.810. The Morgan fingerprint density at radius 3 is 2.73 bits per heavy atom. The van der Waals surface area contributed by atoms with E-state index in [1.165, 1.54) is 30.3 Å². The number of alkyl halides is 2. The summed E-state index contributed by atoms with van der Waals surface area (Å²) in [6, 6.07) is 7.68. The van der Waals surface area contributed by atoms with E-state index >= 15 is 0 Å². The summed E-state index contributed by atoms with van der Waals surface area (Å²) in [5.41, 5.74) is -2.02. The average Bonchev–Trinajstić information content (AvgIpc) is 2.57. The van der Waals surface area contributed by atoms with Crippen LogP contribution in [-0.4, -0.2) is 22.0 Å². The fourth-order valence-corrected chi connectivity index (χ4v) is 2.03. The van der Waals surface area contributed by atoms with Gasteiger partial charge in [-0.15, -0.1) is 0 Å². The number of para-hydroxylation sites is 2. The molecule has 26 heavy (non-hydrogen) atoms. The zero-order valence-corrected chi connectivity index (χ0v) is 12.9. The van der Waals surface area contributed by atoms with E-state index in [-0.39, 0.29) is 11.4 Å². The Morgan fingerprint density at radius 2 is 2.12 bits per heavy atom. The average molecular weight is 364 g/mol. The van der Waals surface area contributed by atoms with Crippen LogP contribution >= 0.6 is 0 Å². The molecule has 0 atom stereocenters. The van der Waals surface area contributed by atoms with Gasteiger partial charge in [0.1, 0.15) is 23.9 Å². The van der Waals surface area contributed by atoms with E-state index in [4.69, 9.17) is 5.26 Å². The third-order valence-electron chi connectivity index (χ3n) is 3.09. The molecule has 0 aliphatic heterocycles. The van der Waals surface area contributed by atoms with Crippen molar-refractivity contribution in [3.63, 3.8) is 0 Å². The van der Waals surface area contributed by atoms with Gasteiger partial charge in [-0.05, 0) is 12.1 Å². The predicted octanol–water partition coefficient (Wildman–Crippen LogP) is 1.87. The number of pyridine rings is 1. The molecule has 0 unspecified atom stereocenters. The first-order valence-corrected chi connectivity index (χ1v) is 6.94. The molecule has 0 saturated heterocycles. The maximum absolute atomic E-state index is 12.4. The topological polar surface area (TPSA) is 127 Å². The van der Waals surface area contributed by atoms with Crippen LogP contribution in [0, 0.1) is 21.4 Å². The standard InChI is InChI=1S/C15H10F2N4O5/c16-15(17)26-12-4-2-1-3-11(12)19-13(22)8-20-7-10(21(24)25)5-9(6-18)14(20)23/h1-5,7,15H,8H2,(H,19,22). The molecule has 1 amide bonds. The van der Waals surface area contributed by atoms with E-state index in [0.717, 1.165) is 12.3 Å². The van der Waals surface area contributed by atoms with Crippen molar-refractivity contribution >= 4 is 17.3 Å². The molecule has 0 spiro atoms. The van der Waals surface area contributed by atoms with Crippen molar-refractivity contribution in [2.75, 3.05) is 5.32 Å². The van der Waals surface area contributed by atoms with E-state index in [1.54, 1.807) is 0 Å². The number of halogens is 2. The zero-order valence-electron chi connectivity index (χ0n) is 12.9. The monoisotopic (exact) mass is 364 g/mol. The van der Waals surface area contributed by atoms with Gasteiger partial charge in [0.15, 0.2) is 0 Å². The van der Waals surface area contributed by atoms with E-state index < -0.39 is 40.8 Å². The number of nitriles is 1. The molecule has 0 radical (unpaired) electrons. The summed E-state index contributed by atoms with van der Waals surface area (Å²) < 4.78 is 29.7. The SMILES string of the molecule is N#Cc1cc([N+](=O)[O-])cn(CC(=O)Nc2ccccc2OC(F)F)c1=O. The minimum Gasteiger partial charge on any atom is -0.433 e. The second-order valence-electron chi connectivity index (χ2n) is 4.84. The molecule has 11 heteroatoms. The van der Waals surface area contributed by atoms with Crippen LogP contribution in [0.5, 0.6) is 5.75 Å². The normalized spacial score (nSPS) is 10.2. The van der Waals surface area contributed by atoms with Crippen molar-refractivity contribution in [2.24, 2.45) is 0 Å². The first-order chi connectivity index (χ1) is 12.3. The number of carbonyl (C=O) groups is 1. The molecular formula is C15H10F2N4O5. The van der Waals surface area contributed by atoms with Gasteiger partial charge in [-0.1, -0.05) is 12.1 Å². The highest BCUT2D eigenvalue weighted by Gasteiger charge is 2.17. The molecule has 0 aliphatic rings. The van der Waals surface area contributed by atoms with Crippen LogP contribution in [0.15, 0.2) is 41.3 Å². The first-order valence-electron chi connectivity index (χ1n) is 6.94. The molecule has 0 fully saturated rings. The van der Waals surface area contributed by atoms with Gasteiger partial charge in [0.2, 0.25) is 5.91 Å². The van der Waals surface area contributed by atoms with E-state index in [2.05, 4.69) is 10.1 Å². The molecule has 1 heterocycles. The number of benzene rings is 1. The fourth-order valence-electron chi connectivity index (χ4n) is 2.03. The Kier molecular flexibility index (Phi) is 5.59. The third kappa shape index (κ3) is 4.38. The summed E-state index contributed by atoms with van der Waals surface area (Å²) in [5, 5.41) is 22.0. The number of carbonyl (C=O) groups excluding carboxylic acids is 1. The molecule has 2 rings (SSSR count). The van der Waals surface area contributed by atoms with Gasteiger partial charge in [0, 0.05) is 6.07 Å². The number of hydrogen-bond acceptors (Lipinski definition) is 6. The Labute approximate surface area is 144 Å². The summed E-state index contributed by atoms with van der Waals surface area (Å²) in [4.78, 5) is 34.1. The van der Waals surface area contributed by atoms with Gasteiger partial charge in [-0.25, -0.2) is 0 Å². The lowest BCUT2D eigenvalue weighted by atomic mass is 10.2. The molecular weight excluding hydrogens is 354 g/mol. The van der Waals surface area contributed by atoms with Gasteiger partial charge in [0.05, 0.1) is 16.8 Å². The van der Waals surface area contributed by atoms with Crippen LogP contribution in [0.1, 0.15) is 5.56 Å². The van der Waals surface area contributed by atoms with Crippen LogP contribution in [-0.2, 0) is 11.3 Å². The molecule has 2 aromatic rings. The molecule has 0 aliphatic carbocycles. The smallest absolute Gasteiger partial charge is 0.387 e. The summed E-state index contributed by atoms with van der Waals surface area (Å²) in [5.74, 6) is -1.12. The molecule has 0 saturated carbocycles. The number of aromatic nitrogens is 1. The van der Waals surface area contributed by atoms with Crippen molar-refractivity contribution in [1.82, 2.24) is 4.57 Å². The molecule has 9 nitrogen and oxygen atoms in total. The highest BCUT2D eigenvalue weighted by atomic mass is 19.3. The number of rotatable bonds is 6. The highest BCUT2D eigenvalue weighted by Crippen LogP contribution is 2.25. The van der Waals surface area contributed by atoms with Crippen molar-refractivity contribution in [3.8, 4) is 11.8 Å². The van der Waals surface area contributed by atoms with Crippen molar-refractivity contribution in [2.45, 2.75) is 13.2 Å². The molecule has 1 aromatic heterocycles. The van der Waals surface area contributed by atoms with Gasteiger partial charge in [0.25, 0.3) is 11.2 Å². The minimum atomic E-state index is -3.11. The lowest BCUT2D eigenvalue weighted by molar-refractivity contribution is -0.385. The quantitative estimate of drug-likeness (QED) is 0.616. The third-order valence-corrected chi connectivity index (χ3v) is 3.09. The van der Waals surface area contributed by atoms with Crippen LogP contribution < -0.4 is 15.6 Å². The van der Waals surface area contributed by atoms with Gasteiger partial charge < -0.3 is 10.1 Å². The molecule has 134 valence electrons. The lowest BCUT2D eigenvalue weighted by Crippen LogP contribution is -2.29. The predicted molar refractivity (Wildman–Crippen MR) is 83.8 cm³/mol. The number of nitro groups is 1. The maximum Gasteiger partial charge on any atom is 0.387 e. The summed E-state index contributed by atoms with van der Waals surface area (Å²) >= 11 is 0. The second kappa shape index (κ2) is 7.84. The summed E-state index contributed by atoms with van der Waals surface area (Å²) in [7, 11) is 0. The van der Waals surface area contributed by atoms with E-state index in [1.807, 2.05) is 0 Å². The summed E-state index contributed by atoms with van der Waals surface area (Å²) in [6.45, 7) is -3.77. The number of hydrogen-bond donors (Lipinski definition) is 1. The van der Waals surface area contributed by atoms with Gasteiger partial charge in [-0.2, -0.15) is 14.0 Å². The number of anilines is 1. The zero-order chi connectivity index (χ0) is 19.3. The van der Waals surface area contributed by atoms with Crippen LogP contribution in [0.3, 0.4) is 0 Å². The van der Waals surface area contributed by atoms with Crippen LogP contribution in [0.25, 0.3) is 0 Å². The Bertz CT molecular complexity index is 952. The Hall–Kier alpha value is -3.81. The van der Waals surface area contributed by atoms with E-state index in [0.29, 0.717) is 4.57 Å². The molecule has 1 aromatic carbocycles. The Balaban J connectivity index is 2.27. The number of nitrogens with one attached hydrogen (secondary N) is 1. The van der Waals surface area contributed by atoms with Crippen molar-refractivity contribution in [1.29, 1.82) is 5.26 Å². The lowest BCUT2D eigenvalue weighted by Gasteiger charge is -2.12. The van der Waals surface area contributed by atoms with Crippen molar-refractivity contribution in [3.05, 3.63) is 62.6 Å². The van der Waals surface area contributed by atoms with Crippen LogP contribution in [0.4, 0.5) is 20.2 Å². The van der Waals surface area contributed by atoms with Gasteiger partial charge in [-0.3, -0.25) is 24.3 Å². The minimum absolute atomic E-state index is 0.0724. The number of amides is 1. The second-order valence-corrected chi connectivity index (χ2v) is 4.84. The first kappa shape index (κ1) is 18.5. The fraction of sp³-hybridized carbons (Fsp3) is 0.133. The number of ether oxygens (including phenoxy) is 1. The van der Waals surface area contributed by atoms with Crippen molar-refractivity contribution < 1.29 is 23.2 Å². The molecule has 1 N–H and O–H groups in total. The van der Waals surface area contributed by atoms with E-state index in [9.17, 15) is 28.5 Å². The highest BCUT2D eigenvalue weighted by molar-refractivity contribution is 5.92. The molecule has 0 bridgehead atoms. The number of nitrogens with zero attached hydrogens (tertiary/aromatic N) is 3. The largest absolute Gasteiger partial charge is 0.433 e. The Morgan fingerprint density at radius 1 is 1.42 bits per heavy atom.